The first-order chi connectivity index (χ1) is 11.8. The van der Waals surface area contributed by atoms with Gasteiger partial charge in [0.05, 0.1) is 18.1 Å². The maximum atomic E-state index is 5.24. The van der Waals surface area contributed by atoms with E-state index in [2.05, 4.69) is 30.6 Å². The van der Waals surface area contributed by atoms with Crippen molar-refractivity contribution in [2.45, 2.75) is 39.2 Å². The van der Waals surface area contributed by atoms with Crippen LogP contribution in [0.5, 0.6) is 0 Å². The highest BCUT2D eigenvalue weighted by Gasteiger charge is 2.13. The summed E-state index contributed by atoms with van der Waals surface area (Å²) in [5.41, 5.74) is 0.849. The minimum atomic E-state index is 0.565. The van der Waals surface area contributed by atoms with Gasteiger partial charge in [-0.15, -0.1) is 0 Å². The Labute approximate surface area is 147 Å². The van der Waals surface area contributed by atoms with Crippen molar-refractivity contribution >= 4 is 34.2 Å². The number of aromatic nitrogens is 4. The normalized spacial score (nSPS) is 16.0. The van der Waals surface area contributed by atoms with Gasteiger partial charge in [0.25, 0.3) is 0 Å². The molecule has 1 saturated heterocycles. The quantitative estimate of drug-likeness (QED) is 0.802. The molecule has 0 spiro atoms. The number of rotatable bonds is 5. The topological polar surface area (TPSA) is 70.9 Å². The van der Waals surface area contributed by atoms with Crippen LogP contribution in [0.25, 0.3) is 11.0 Å². The molecule has 0 radical (unpaired) electrons. The van der Waals surface area contributed by atoms with Crippen LogP contribution in [0.2, 0.25) is 0 Å². The molecule has 0 atom stereocenters. The fourth-order valence-electron chi connectivity index (χ4n) is 3.06. The van der Waals surface area contributed by atoms with Gasteiger partial charge >= 0.3 is 0 Å². The van der Waals surface area contributed by atoms with E-state index in [0.29, 0.717) is 10.9 Å². The van der Waals surface area contributed by atoms with E-state index in [4.69, 9.17) is 12.2 Å². The van der Waals surface area contributed by atoms with Crippen LogP contribution in [0.3, 0.4) is 0 Å². The number of hydrogen-bond acceptors (Lipinski definition) is 5. The standard InChI is InChI=1S/C16H25N7S/c1-2-17-16(24)21-14-13-11-20-23(15(13)19-12-18-14)10-9-22-7-5-3-4-6-8-22/h11-12H,2-10H2,1H3,(H2,17,18,19,21,24). The first-order valence-electron chi connectivity index (χ1n) is 8.71. The number of nitrogens with zero attached hydrogens (tertiary/aromatic N) is 5. The first kappa shape index (κ1) is 17.0. The maximum Gasteiger partial charge on any atom is 0.171 e. The minimum absolute atomic E-state index is 0.565. The number of likely N-dealkylation sites (tertiary alicyclic amines) is 1. The summed E-state index contributed by atoms with van der Waals surface area (Å²) < 4.78 is 1.96. The van der Waals surface area contributed by atoms with Crippen molar-refractivity contribution in [1.29, 1.82) is 0 Å². The van der Waals surface area contributed by atoms with Crippen LogP contribution in [0, 0.1) is 0 Å². The molecule has 0 amide bonds. The Kier molecular flexibility index (Phi) is 5.92. The van der Waals surface area contributed by atoms with E-state index in [0.717, 1.165) is 30.7 Å². The van der Waals surface area contributed by atoms with Gasteiger partial charge in [-0.1, -0.05) is 12.8 Å². The van der Waals surface area contributed by atoms with E-state index in [1.54, 1.807) is 6.33 Å². The van der Waals surface area contributed by atoms with Crippen LogP contribution in [0.15, 0.2) is 12.5 Å². The Morgan fingerprint density at radius 1 is 1.17 bits per heavy atom. The zero-order chi connectivity index (χ0) is 16.8. The van der Waals surface area contributed by atoms with Crippen LogP contribution in [-0.2, 0) is 6.54 Å². The monoisotopic (exact) mass is 347 g/mol. The predicted molar refractivity (Wildman–Crippen MR) is 100 cm³/mol. The Bertz CT molecular complexity index is 676. The lowest BCUT2D eigenvalue weighted by atomic mass is 10.2. The van der Waals surface area contributed by atoms with Crippen molar-refractivity contribution in [3.05, 3.63) is 12.5 Å². The molecule has 2 aromatic rings. The summed E-state index contributed by atoms with van der Waals surface area (Å²) in [5.74, 6) is 0.701. The average Bonchev–Trinajstić information content (AvgIpc) is 2.81. The molecule has 1 aliphatic heterocycles. The molecule has 3 heterocycles. The molecule has 8 heteroatoms. The zero-order valence-corrected chi connectivity index (χ0v) is 15.0. The third-order valence-electron chi connectivity index (χ3n) is 4.33. The predicted octanol–water partition coefficient (Wildman–Crippen LogP) is 2.01. The van der Waals surface area contributed by atoms with Crippen molar-refractivity contribution in [2.24, 2.45) is 0 Å². The van der Waals surface area contributed by atoms with Gasteiger partial charge in [-0.05, 0) is 45.1 Å². The van der Waals surface area contributed by atoms with Crippen molar-refractivity contribution in [2.75, 3.05) is 31.5 Å². The summed E-state index contributed by atoms with van der Waals surface area (Å²) >= 11 is 5.24. The summed E-state index contributed by atoms with van der Waals surface area (Å²) in [4.78, 5) is 11.2. The molecule has 7 nitrogen and oxygen atoms in total. The number of hydrogen-bond donors (Lipinski definition) is 2. The fourth-order valence-corrected chi connectivity index (χ4v) is 3.31. The lowest BCUT2D eigenvalue weighted by Gasteiger charge is -2.19. The van der Waals surface area contributed by atoms with E-state index < -0.39 is 0 Å². The molecule has 130 valence electrons. The smallest absolute Gasteiger partial charge is 0.171 e. The third-order valence-corrected chi connectivity index (χ3v) is 4.58. The summed E-state index contributed by atoms with van der Waals surface area (Å²) in [5, 5.41) is 12.1. The zero-order valence-electron chi connectivity index (χ0n) is 14.2. The van der Waals surface area contributed by atoms with Gasteiger partial charge in [0.2, 0.25) is 0 Å². The highest BCUT2D eigenvalue weighted by Crippen LogP contribution is 2.18. The van der Waals surface area contributed by atoms with Gasteiger partial charge in [-0.3, -0.25) is 0 Å². The van der Waals surface area contributed by atoms with Crippen molar-refractivity contribution in [3.8, 4) is 0 Å². The molecular formula is C16H25N7S. The van der Waals surface area contributed by atoms with E-state index in [1.807, 2.05) is 17.8 Å². The van der Waals surface area contributed by atoms with Crippen molar-refractivity contribution in [1.82, 2.24) is 30.0 Å². The van der Waals surface area contributed by atoms with Crippen molar-refractivity contribution in [3.63, 3.8) is 0 Å². The number of anilines is 1. The second-order valence-electron chi connectivity index (χ2n) is 6.07. The van der Waals surface area contributed by atoms with E-state index in [9.17, 15) is 0 Å². The highest BCUT2D eigenvalue weighted by molar-refractivity contribution is 7.80. The molecule has 0 bridgehead atoms. The SMILES string of the molecule is CCNC(=S)Nc1ncnc2c1cnn2CCN1CCCCCC1. The molecule has 3 rings (SSSR count). The minimum Gasteiger partial charge on any atom is -0.363 e. The Hall–Kier alpha value is -1.80. The molecule has 2 aromatic heterocycles. The average molecular weight is 347 g/mol. The summed E-state index contributed by atoms with van der Waals surface area (Å²) in [7, 11) is 0. The molecule has 2 N–H and O–H groups in total. The van der Waals surface area contributed by atoms with Gasteiger partial charge in [0.15, 0.2) is 10.8 Å². The highest BCUT2D eigenvalue weighted by atomic mass is 32.1. The second-order valence-corrected chi connectivity index (χ2v) is 6.48. The van der Waals surface area contributed by atoms with Crippen LogP contribution in [0.1, 0.15) is 32.6 Å². The largest absolute Gasteiger partial charge is 0.363 e. The molecule has 1 fully saturated rings. The third kappa shape index (κ3) is 4.18. The Morgan fingerprint density at radius 3 is 2.71 bits per heavy atom. The van der Waals surface area contributed by atoms with Gasteiger partial charge in [-0.25, -0.2) is 14.6 Å². The fraction of sp³-hybridized carbons (Fsp3) is 0.625. The molecule has 0 unspecified atom stereocenters. The van der Waals surface area contributed by atoms with Gasteiger partial charge < -0.3 is 15.5 Å². The lowest BCUT2D eigenvalue weighted by molar-refractivity contribution is 0.270. The van der Waals surface area contributed by atoms with Crippen LogP contribution < -0.4 is 10.6 Å². The number of thiocarbonyl (C=S) groups is 1. The first-order valence-corrected chi connectivity index (χ1v) is 9.12. The summed E-state index contributed by atoms with van der Waals surface area (Å²) in [6, 6.07) is 0. The molecule has 0 saturated carbocycles. The van der Waals surface area contributed by atoms with Crippen molar-refractivity contribution < 1.29 is 0 Å². The van der Waals surface area contributed by atoms with Gasteiger partial charge in [0.1, 0.15) is 12.1 Å². The second kappa shape index (κ2) is 8.34. The molecule has 24 heavy (non-hydrogen) atoms. The Morgan fingerprint density at radius 2 is 1.96 bits per heavy atom. The molecule has 0 aliphatic carbocycles. The van der Waals surface area contributed by atoms with E-state index in [1.165, 1.54) is 38.8 Å². The lowest BCUT2D eigenvalue weighted by Crippen LogP contribution is -2.29. The summed E-state index contributed by atoms with van der Waals surface area (Å²) in [6.07, 6.45) is 8.69. The van der Waals surface area contributed by atoms with Gasteiger partial charge in [0, 0.05) is 13.1 Å². The van der Waals surface area contributed by atoms with Crippen LogP contribution >= 0.6 is 12.2 Å². The van der Waals surface area contributed by atoms with E-state index in [-0.39, 0.29) is 0 Å². The van der Waals surface area contributed by atoms with Crippen LogP contribution in [0.4, 0.5) is 5.82 Å². The number of nitrogens with one attached hydrogen (secondary N) is 2. The maximum absolute atomic E-state index is 5.24. The Balaban J connectivity index is 1.69. The molecule has 0 aromatic carbocycles. The summed E-state index contributed by atoms with van der Waals surface area (Å²) in [6.45, 7) is 7.02. The van der Waals surface area contributed by atoms with Gasteiger partial charge in [-0.2, -0.15) is 5.10 Å². The molecular weight excluding hydrogens is 322 g/mol. The van der Waals surface area contributed by atoms with Crippen LogP contribution in [-0.4, -0.2) is 55.9 Å². The van der Waals surface area contributed by atoms with E-state index >= 15 is 0 Å². The molecule has 1 aliphatic rings. The number of fused-ring (bicyclic) bond motifs is 1.